The van der Waals surface area contributed by atoms with Gasteiger partial charge in [0.25, 0.3) is 0 Å². The van der Waals surface area contributed by atoms with Gasteiger partial charge in [0.05, 0.1) is 6.04 Å². The molecule has 18 heavy (non-hydrogen) atoms. The van der Waals surface area contributed by atoms with E-state index in [1.807, 2.05) is 11.6 Å². The van der Waals surface area contributed by atoms with Crippen molar-refractivity contribution in [3.05, 3.63) is 16.6 Å². The molecule has 1 aromatic heterocycles. The average molecular weight is 267 g/mol. The van der Waals surface area contributed by atoms with Gasteiger partial charge < -0.3 is 11.1 Å². The van der Waals surface area contributed by atoms with Gasteiger partial charge >= 0.3 is 0 Å². The minimum absolute atomic E-state index is 0.364. The van der Waals surface area contributed by atoms with E-state index in [0.717, 1.165) is 13.1 Å². The molecule has 1 aliphatic rings. The first kappa shape index (κ1) is 14.0. The van der Waals surface area contributed by atoms with Crippen LogP contribution in [0.15, 0.2) is 11.6 Å². The van der Waals surface area contributed by atoms with E-state index in [1.54, 1.807) is 11.3 Å². The topological polar surface area (TPSA) is 50.9 Å². The second-order valence-corrected chi connectivity index (χ2v) is 6.49. The molecule has 1 aliphatic carbocycles. The summed E-state index contributed by atoms with van der Waals surface area (Å²) in [6, 6.07) is 0.364. The summed E-state index contributed by atoms with van der Waals surface area (Å²) in [6.07, 6.45) is 9.83. The summed E-state index contributed by atoms with van der Waals surface area (Å²) in [5.74, 6) is 0. The summed E-state index contributed by atoms with van der Waals surface area (Å²) in [6.45, 7) is 4.09. The average Bonchev–Trinajstić information content (AvgIpc) is 2.94. The number of nitrogens with one attached hydrogen (secondary N) is 1. The molecule has 0 bridgehead atoms. The van der Waals surface area contributed by atoms with E-state index in [0.29, 0.717) is 11.5 Å². The quantitative estimate of drug-likeness (QED) is 0.832. The largest absolute Gasteiger partial charge is 0.330 e. The van der Waals surface area contributed by atoms with Crippen LogP contribution >= 0.6 is 11.3 Å². The third kappa shape index (κ3) is 3.53. The molecule has 0 amide bonds. The lowest BCUT2D eigenvalue weighted by atomic mass is 9.72. The predicted octanol–water partition coefficient (Wildman–Crippen LogP) is 3.09. The molecule has 0 aliphatic heterocycles. The van der Waals surface area contributed by atoms with Crippen LogP contribution in [0.25, 0.3) is 0 Å². The van der Waals surface area contributed by atoms with E-state index >= 15 is 0 Å². The van der Waals surface area contributed by atoms with Crippen LogP contribution in [0.3, 0.4) is 0 Å². The van der Waals surface area contributed by atoms with Gasteiger partial charge in [-0.15, -0.1) is 11.3 Å². The molecule has 1 heterocycles. The molecule has 0 radical (unpaired) electrons. The van der Waals surface area contributed by atoms with Gasteiger partial charge in [0.2, 0.25) is 0 Å². The highest BCUT2D eigenvalue weighted by molar-refractivity contribution is 7.09. The lowest BCUT2D eigenvalue weighted by molar-refractivity contribution is 0.179. The molecule has 1 saturated carbocycles. The van der Waals surface area contributed by atoms with Gasteiger partial charge in [-0.1, -0.05) is 19.3 Å². The number of hydrogen-bond donors (Lipinski definition) is 2. The van der Waals surface area contributed by atoms with Gasteiger partial charge in [-0.25, -0.2) is 4.98 Å². The van der Waals surface area contributed by atoms with Crippen LogP contribution in [0.2, 0.25) is 0 Å². The maximum atomic E-state index is 6.01. The monoisotopic (exact) mass is 267 g/mol. The molecular weight excluding hydrogens is 242 g/mol. The van der Waals surface area contributed by atoms with Crippen LogP contribution in [0.1, 0.15) is 56.5 Å². The first-order chi connectivity index (χ1) is 8.76. The van der Waals surface area contributed by atoms with Crippen molar-refractivity contribution in [3.63, 3.8) is 0 Å². The molecule has 4 heteroatoms. The predicted molar refractivity (Wildman–Crippen MR) is 77.7 cm³/mol. The Balaban J connectivity index is 1.76. The second-order valence-electron chi connectivity index (χ2n) is 5.56. The fraction of sp³-hybridized carbons (Fsp3) is 0.786. The fourth-order valence-corrected chi connectivity index (χ4v) is 3.62. The van der Waals surface area contributed by atoms with Crippen LogP contribution in [0.4, 0.5) is 0 Å². The summed E-state index contributed by atoms with van der Waals surface area (Å²) in [7, 11) is 0. The Bertz CT molecular complexity index is 331. The van der Waals surface area contributed by atoms with E-state index in [4.69, 9.17) is 5.73 Å². The Kier molecular flexibility index (Phi) is 5.15. The molecule has 0 spiro atoms. The number of thiazole rings is 1. The van der Waals surface area contributed by atoms with Gasteiger partial charge in [0.1, 0.15) is 5.01 Å². The number of nitrogens with zero attached hydrogens (tertiary/aromatic N) is 1. The molecule has 2 rings (SSSR count). The number of rotatable bonds is 6. The Morgan fingerprint density at radius 2 is 2.22 bits per heavy atom. The van der Waals surface area contributed by atoms with E-state index in [-0.39, 0.29) is 0 Å². The minimum atomic E-state index is 0.364. The lowest BCUT2D eigenvalue weighted by Crippen LogP contribution is -2.36. The number of aromatic nitrogens is 1. The zero-order valence-electron chi connectivity index (χ0n) is 11.3. The molecule has 1 unspecified atom stereocenters. The van der Waals surface area contributed by atoms with Crippen molar-refractivity contribution in [2.24, 2.45) is 11.1 Å². The van der Waals surface area contributed by atoms with Crippen LogP contribution in [-0.2, 0) is 0 Å². The second kappa shape index (κ2) is 6.64. The van der Waals surface area contributed by atoms with Crippen molar-refractivity contribution in [1.82, 2.24) is 10.3 Å². The maximum Gasteiger partial charge on any atom is 0.109 e. The SMILES string of the molecule is CC(NCCC1(CN)CCCCC1)c1nccs1. The van der Waals surface area contributed by atoms with Crippen molar-refractivity contribution >= 4 is 11.3 Å². The maximum absolute atomic E-state index is 6.01. The molecule has 3 nitrogen and oxygen atoms in total. The first-order valence-corrected chi connectivity index (χ1v) is 7.97. The molecule has 1 atom stereocenters. The van der Waals surface area contributed by atoms with Crippen molar-refractivity contribution in [3.8, 4) is 0 Å². The van der Waals surface area contributed by atoms with Crippen LogP contribution in [-0.4, -0.2) is 18.1 Å². The summed E-state index contributed by atoms with van der Waals surface area (Å²) >= 11 is 1.72. The van der Waals surface area contributed by atoms with Crippen LogP contribution < -0.4 is 11.1 Å². The molecule has 0 aromatic carbocycles. The minimum Gasteiger partial charge on any atom is -0.330 e. The molecule has 0 saturated heterocycles. The highest BCUT2D eigenvalue weighted by atomic mass is 32.1. The highest BCUT2D eigenvalue weighted by Gasteiger charge is 2.30. The third-order valence-electron chi connectivity index (χ3n) is 4.27. The van der Waals surface area contributed by atoms with Gasteiger partial charge in [0.15, 0.2) is 0 Å². The zero-order valence-corrected chi connectivity index (χ0v) is 12.1. The zero-order chi connectivity index (χ0) is 12.8. The van der Waals surface area contributed by atoms with Gasteiger partial charge in [-0.2, -0.15) is 0 Å². The summed E-state index contributed by atoms with van der Waals surface area (Å²) < 4.78 is 0. The van der Waals surface area contributed by atoms with E-state index in [9.17, 15) is 0 Å². The van der Waals surface area contributed by atoms with Crippen LogP contribution in [0, 0.1) is 5.41 Å². The lowest BCUT2D eigenvalue weighted by Gasteiger charge is -2.36. The Hall–Kier alpha value is -0.450. The van der Waals surface area contributed by atoms with E-state index in [2.05, 4.69) is 17.2 Å². The smallest absolute Gasteiger partial charge is 0.109 e. The van der Waals surface area contributed by atoms with Gasteiger partial charge in [0, 0.05) is 11.6 Å². The molecule has 1 aromatic rings. The van der Waals surface area contributed by atoms with Crippen molar-refractivity contribution < 1.29 is 0 Å². The number of nitrogens with two attached hydrogens (primary N) is 1. The van der Waals surface area contributed by atoms with Crippen molar-refractivity contribution in [1.29, 1.82) is 0 Å². The fourth-order valence-electron chi connectivity index (χ4n) is 2.95. The van der Waals surface area contributed by atoms with E-state index < -0.39 is 0 Å². The first-order valence-electron chi connectivity index (χ1n) is 7.09. The van der Waals surface area contributed by atoms with Crippen LogP contribution in [0.5, 0.6) is 0 Å². The standard InChI is InChI=1S/C14H25N3S/c1-12(13-17-9-10-18-13)16-8-7-14(11-15)5-3-2-4-6-14/h9-10,12,16H,2-8,11,15H2,1H3. The van der Waals surface area contributed by atoms with Gasteiger partial charge in [-0.3, -0.25) is 0 Å². The highest BCUT2D eigenvalue weighted by Crippen LogP contribution is 2.38. The Labute approximate surface area is 114 Å². The summed E-state index contributed by atoms with van der Waals surface area (Å²) in [5.41, 5.74) is 6.42. The molecule has 1 fully saturated rings. The Morgan fingerprint density at radius 1 is 1.44 bits per heavy atom. The molecule has 102 valence electrons. The molecular formula is C14H25N3S. The molecule has 3 N–H and O–H groups in total. The van der Waals surface area contributed by atoms with Crippen molar-refractivity contribution in [2.75, 3.05) is 13.1 Å². The third-order valence-corrected chi connectivity index (χ3v) is 5.23. The number of hydrogen-bond acceptors (Lipinski definition) is 4. The van der Waals surface area contributed by atoms with Crippen molar-refractivity contribution in [2.45, 2.75) is 51.5 Å². The van der Waals surface area contributed by atoms with Gasteiger partial charge in [-0.05, 0) is 44.7 Å². The summed E-state index contributed by atoms with van der Waals surface area (Å²) in [4.78, 5) is 4.35. The Morgan fingerprint density at radius 3 is 2.83 bits per heavy atom. The van der Waals surface area contributed by atoms with E-state index in [1.165, 1.54) is 43.5 Å². The summed E-state index contributed by atoms with van der Waals surface area (Å²) in [5, 5.41) is 6.80. The normalized spacial score (nSPS) is 20.8.